The molecular formula is C23H25N3. The number of fused-ring (bicyclic) bond motifs is 1. The summed E-state index contributed by atoms with van der Waals surface area (Å²) in [5.41, 5.74) is 8.72. The third-order valence-corrected chi connectivity index (χ3v) is 5.42. The molecule has 0 spiro atoms. The van der Waals surface area contributed by atoms with Gasteiger partial charge in [0.05, 0.1) is 11.4 Å². The summed E-state index contributed by atoms with van der Waals surface area (Å²) in [4.78, 5) is 2.42. The van der Waals surface area contributed by atoms with Crippen molar-refractivity contribution in [2.75, 3.05) is 13.6 Å². The number of aromatic nitrogens is 2. The van der Waals surface area contributed by atoms with Crippen LogP contribution < -0.4 is 0 Å². The normalized spacial score (nSPS) is 17.6. The predicted molar refractivity (Wildman–Crippen MR) is 106 cm³/mol. The second kappa shape index (κ2) is 7.00. The maximum absolute atomic E-state index is 4.37. The first-order valence-electron chi connectivity index (χ1n) is 9.29. The molecule has 1 aliphatic heterocycles. The molecule has 0 N–H and O–H groups in total. The Bertz CT molecular complexity index is 915. The molecule has 0 fully saturated rings. The van der Waals surface area contributed by atoms with Gasteiger partial charge >= 0.3 is 0 Å². The molecule has 1 aliphatic rings. The van der Waals surface area contributed by atoms with E-state index in [-0.39, 0.29) is 0 Å². The number of hydrogen-bond donors (Lipinski definition) is 0. The molecule has 1 atom stereocenters. The van der Waals surface area contributed by atoms with Crippen LogP contribution in [0.3, 0.4) is 0 Å². The summed E-state index contributed by atoms with van der Waals surface area (Å²) in [6, 6.07) is 19.7. The molecule has 2 heterocycles. The maximum atomic E-state index is 4.37. The van der Waals surface area contributed by atoms with Crippen molar-refractivity contribution in [1.29, 1.82) is 0 Å². The summed E-state index contributed by atoms with van der Waals surface area (Å²) in [7, 11) is 2.21. The minimum Gasteiger partial charge on any atom is -0.302 e. The third-order valence-electron chi connectivity index (χ3n) is 5.42. The van der Waals surface area contributed by atoms with Crippen LogP contribution >= 0.6 is 0 Å². The molecule has 0 aliphatic carbocycles. The lowest BCUT2D eigenvalue weighted by Crippen LogP contribution is -2.17. The van der Waals surface area contributed by atoms with E-state index in [0.29, 0.717) is 5.92 Å². The average molecular weight is 343 g/mol. The van der Waals surface area contributed by atoms with Crippen LogP contribution in [0.2, 0.25) is 0 Å². The van der Waals surface area contributed by atoms with E-state index in [4.69, 9.17) is 0 Å². The molecule has 2 aromatic carbocycles. The first-order valence-corrected chi connectivity index (χ1v) is 9.29. The zero-order valence-corrected chi connectivity index (χ0v) is 15.7. The topological polar surface area (TPSA) is 29.0 Å². The lowest BCUT2D eigenvalue weighted by molar-refractivity contribution is 0.328. The largest absolute Gasteiger partial charge is 0.302 e. The van der Waals surface area contributed by atoms with Gasteiger partial charge < -0.3 is 4.90 Å². The monoisotopic (exact) mass is 343 g/mol. The van der Waals surface area contributed by atoms with Gasteiger partial charge in [-0.25, -0.2) is 0 Å². The van der Waals surface area contributed by atoms with E-state index in [0.717, 1.165) is 36.5 Å². The van der Waals surface area contributed by atoms with Crippen LogP contribution in [-0.4, -0.2) is 28.7 Å². The molecule has 1 unspecified atom stereocenters. The van der Waals surface area contributed by atoms with E-state index in [1.165, 1.54) is 22.3 Å². The minimum atomic E-state index is 0.453. The highest BCUT2D eigenvalue weighted by atomic mass is 15.1. The van der Waals surface area contributed by atoms with E-state index in [2.05, 4.69) is 77.6 Å². The van der Waals surface area contributed by atoms with Crippen molar-refractivity contribution in [2.24, 2.45) is 0 Å². The smallest absolute Gasteiger partial charge is 0.0929 e. The van der Waals surface area contributed by atoms with Gasteiger partial charge in [-0.1, -0.05) is 36.4 Å². The Morgan fingerprint density at radius 3 is 2.54 bits per heavy atom. The Morgan fingerprint density at radius 2 is 1.77 bits per heavy atom. The summed E-state index contributed by atoms with van der Waals surface area (Å²) in [5, 5.41) is 8.58. The summed E-state index contributed by atoms with van der Waals surface area (Å²) in [6.45, 7) is 6.27. The molecule has 0 saturated carbocycles. The van der Waals surface area contributed by atoms with Crippen molar-refractivity contribution in [3.05, 3.63) is 82.5 Å². The lowest BCUT2D eigenvalue weighted by Gasteiger charge is -2.20. The third kappa shape index (κ3) is 3.27. The van der Waals surface area contributed by atoms with E-state index in [9.17, 15) is 0 Å². The molecule has 4 rings (SSSR count). The molecule has 26 heavy (non-hydrogen) atoms. The van der Waals surface area contributed by atoms with Crippen molar-refractivity contribution in [1.82, 2.24) is 15.1 Å². The van der Waals surface area contributed by atoms with E-state index in [1.807, 2.05) is 13.0 Å². The van der Waals surface area contributed by atoms with Crippen LogP contribution in [0.5, 0.6) is 0 Å². The molecule has 0 radical (unpaired) electrons. The zero-order valence-electron chi connectivity index (χ0n) is 15.7. The van der Waals surface area contributed by atoms with Gasteiger partial charge in [0.25, 0.3) is 0 Å². The van der Waals surface area contributed by atoms with Crippen molar-refractivity contribution >= 4 is 0 Å². The lowest BCUT2D eigenvalue weighted by atomic mass is 9.84. The summed E-state index contributed by atoms with van der Waals surface area (Å²) in [6.07, 6.45) is 1.15. The quantitative estimate of drug-likeness (QED) is 0.674. The van der Waals surface area contributed by atoms with Crippen molar-refractivity contribution < 1.29 is 0 Å². The molecule has 1 aromatic heterocycles. The number of benzene rings is 2. The van der Waals surface area contributed by atoms with E-state index in [1.54, 1.807) is 0 Å². The number of nitrogens with zero attached hydrogens (tertiary/aromatic N) is 3. The second-order valence-corrected chi connectivity index (χ2v) is 7.41. The van der Waals surface area contributed by atoms with Crippen LogP contribution in [0, 0.1) is 13.8 Å². The molecular weight excluding hydrogens is 318 g/mol. The fraction of sp³-hybridized carbons (Fsp3) is 0.304. The van der Waals surface area contributed by atoms with Gasteiger partial charge in [0.15, 0.2) is 0 Å². The summed E-state index contributed by atoms with van der Waals surface area (Å²) < 4.78 is 0. The Kier molecular flexibility index (Phi) is 4.56. The second-order valence-electron chi connectivity index (χ2n) is 7.41. The Balaban J connectivity index is 1.79. The molecule has 132 valence electrons. The standard InChI is InChI=1S/C23H25N3/c1-16-6-4-5-7-20(16)22-12-13-26(3)15-19-14-18(9-10-21(19)22)23-11-8-17(2)24-25-23/h4-11,14,22H,12-13,15H2,1-3H3. The Hall–Kier alpha value is -2.52. The highest BCUT2D eigenvalue weighted by molar-refractivity contribution is 5.61. The minimum absolute atomic E-state index is 0.453. The summed E-state index contributed by atoms with van der Waals surface area (Å²) >= 11 is 0. The van der Waals surface area contributed by atoms with Crippen molar-refractivity contribution in [3.8, 4) is 11.3 Å². The Morgan fingerprint density at radius 1 is 0.923 bits per heavy atom. The number of rotatable bonds is 2. The molecule has 0 saturated heterocycles. The van der Waals surface area contributed by atoms with Crippen LogP contribution in [0.25, 0.3) is 11.3 Å². The first-order chi connectivity index (χ1) is 12.6. The fourth-order valence-electron chi connectivity index (χ4n) is 3.97. The number of aryl methyl sites for hydroxylation is 2. The van der Waals surface area contributed by atoms with Gasteiger partial charge in [-0.2, -0.15) is 10.2 Å². The van der Waals surface area contributed by atoms with Crippen LogP contribution in [-0.2, 0) is 6.54 Å². The number of hydrogen-bond acceptors (Lipinski definition) is 3. The van der Waals surface area contributed by atoms with Gasteiger partial charge in [-0.05, 0) is 74.3 Å². The summed E-state index contributed by atoms with van der Waals surface area (Å²) in [5.74, 6) is 0.453. The van der Waals surface area contributed by atoms with Crippen molar-refractivity contribution in [2.45, 2.75) is 32.7 Å². The van der Waals surface area contributed by atoms with Gasteiger partial charge in [0, 0.05) is 18.0 Å². The predicted octanol–water partition coefficient (Wildman–Crippen LogP) is 4.73. The highest BCUT2D eigenvalue weighted by Crippen LogP contribution is 2.36. The molecule has 3 aromatic rings. The van der Waals surface area contributed by atoms with Gasteiger partial charge in [-0.3, -0.25) is 0 Å². The highest BCUT2D eigenvalue weighted by Gasteiger charge is 2.23. The van der Waals surface area contributed by atoms with E-state index >= 15 is 0 Å². The molecule has 3 heteroatoms. The zero-order chi connectivity index (χ0) is 18.1. The molecule has 0 bridgehead atoms. The SMILES string of the molecule is Cc1ccc(-c2ccc3c(c2)CN(C)CCC3c2ccccc2C)nn1. The average Bonchev–Trinajstić information content (AvgIpc) is 2.80. The van der Waals surface area contributed by atoms with Crippen LogP contribution in [0.4, 0.5) is 0 Å². The van der Waals surface area contributed by atoms with Crippen LogP contribution in [0.1, 0.15) is 40.3 Å². The maximum Gasteiger partial charge on any atom is 0.0929 e. The van der Waals surface area contributed by atoms with Crippen LogP contribution in [0.15, 0.2) is 54.6 Å². The fourth-order valence-corrected chi connectivity index (χ4v) is 3.97. The molecule has 3 nitrogen and oxygen atoms in total. The van der Waals surface area contributed by atoms with Gasteiger partial charge in [0.1, 0.15) is 0 Å². The van der Waals surface area contributed by atoms with Gasteiger partial charge in [-0.15, -0.1) is 0 Å². The van der Waals surface area contributed by atoms with Gasteiger partial charge in [0.2, 0.25) is 0 Å². The van der Waals surface area contributed by atoms with E-state index < -0.39 is 0 Å². The Labute approximate surface area is 155 Å². The first kappa shape index (κ1) is 16.9. The van der Waals surface area contributed by atoms with Crippen molar-refractivity contribution in [3.63, 3.8) is 0 Å². The molecule has 0 amide bonds.